The fraction of sp³-hybridized carbons (Fsp3) is 0.200. The standard InChI is InChI=1S/C20H17FN2O2S/c21-12-4-7-14(8-5-12)26-11-19(24)22-13-6-9-16-15-2-1-3-17(15)20(25)23-18(16)10-13/h4-10H,1-3,11H2,(H,22,24)(H,23,25). The predicted molar refractivity (Wildman–Crippen MR) is 102 cm³/mol. The molecule has 0 atom stereocenters. The summed E-state index contributed by atoms with van der Waals surface area (Å²) in [4.78, 5) is 28.1. The quantitative estimate of drug-likeness (QED) is 0.687. The van der Waals surface area contributed by atoms with Crippen LogP contribution in [-0.2, 0) is 17.6 Å². The van der Waals surface area contributed by atoms with Crippen molar-refractivity contribution in [1.82, 2.24) is 4.98 Å². The first-order valence-corrected chi connectivity index (χ1v) is 9.45. The number of H-pyrrole nitrogens is 1. The number of pyridine rings is 1. The minimum Gasteiger partial charge on any atom is -0.325 e. The molecule has 0 aliphatic heterocycles. The van der Waals surface area contributed by atoms with E-state index in [1.54, 1.807) is 18.2 Å². The molecule has 0 saturated carbocycles. The third kappa shape index (κ3) is 3.37. The van der Waals surface area contributed by atoms with E-state index in [0.29, 0.717) is 5.69 Å². The van der Waals surface area contributed by atoms with Crippen LogP contribution in [0.15, 0.2) is 52.2 Å². The minimum absolute atomic E-state index is 0.0275. The SMILES string of the molecule is O=C(CSc1ccc(F)cc1)Nc1ccc2c3c(c(=O)[nH]c2c1)CCC3. The maximum atomic E-state index is 12.9. The number of fused-ring (bicyclic) bond motifs is 3. The Balaban J connectivity index is 1.48. The average molecular weight is 368 g/mol. The Morgan fingerprint density at radius 1 is 1.12 bits per heavy atom. The lowest BCUT2D eigenvalue weighted by molar-refractivity contribution is -0.113. The molecule has 132 valence electrons. The van der Waals surface area contributed by atoms with Crippen molar-refractivity contribution in [3.63, 3.8) is 0 Å². The first-order chi connectivity index (χ1) is 12.6. The van der Waals surface area contributed by atoms with Gasteiger partial charge in [-0.25, -0.2) is 4.39 Å². The number of amides is 1. The van der Waals surface area contributed by atoms with Crippen molar-refractivity contribution < 1.29 is 9.18 Å². The van der Waals surface area contributed by atoms with Gasteiger partial charge in [0.2, 0.25) is 5.91 Å². The van der Waals surface area contributed by atoms with E-state index in [1.807, 2.05) is 12.1 Å². The molecule has 6 heteroatoms. The van der Waals surface area contributed by atoms with E-state index in [-0.39, 0.29) is 23.0 Å². The van der Waals surface area contributed by atoms with E-state index in [2.05, 4.69) is 10.3 Å². The number of carbonyl (C=O) groups is 1. The third-order valence-corrected chi connectivity index (χ3v) is 5.56. The van der Waals surface area contributed by atoms with Crippen molar-refractivity contribution in [2.75, 3.05) is 11.1 Å². The van der Waals surface area contributed by atoms with Gasteiger partial charge in [-0.2, -0.15) is 0 Å². The summed E-state index contributed by atoms with van der Waals surface area (Å²) >= 11 is 1.34. The number of benzene rings is 2. The van der Waals surface area contributed by atoms with Crippen LogP contribution >= 0.6 is 11.8 Å². The van der Waals surface area contributed by atoms with Crippen molar-refractivity contribution >= 4 is 34.3 Å². The molecule has 2 N–H and O–H groups in total. The number of halogens is 1. The predicted octanol–water partition coefficient (Wildman–Crippen LogP) is 3.89. The molecule has 1 aromatic heterocycles. The molecular weight excluding hydrogens is 351 g/mol. The van der Waals surface area contributed by atoms with Crippen LogP contribution in [0.4, 0.5) is 10.1 Å². The van der Waals surface area contributed by atoms with Crippen LogP contribution < -0.4 is 10.9 Å². The number of aromatic nitrogens is 1. The summed E-state index contributed by atoms with van der Waals surface area (Å²) in [5.41, 5.74) is 3.40. The van der Waals surface area contributed by atoms with Crippen LogP contribution in [0.25, 0.3) is 10.9 Å². The molecule has 0 fully saturated rings. The average Bonchev–Trinajstić information content (AvgIpc) is 3.12. The van der Waals surface area contributed by atoms with Gasteiger partial charge in [-0.05, 0) is 61.2 Å². The highest BCUT2D eigenvalue weighted by molar-refractivity contribution is 8.00. The van der Waals surface area contributed by atoms with Gasteiger partial charge in [0.15, 0.2) is 0 Å². The molecule has 0 spiro atoms. The van der Waals surface area contributed by atoms with Gasteiger partial charge >= 0.3 is 0 Å². The molecule has 3 aromatic rings. The number of aryl methyl sites for hydroxylation is 1. The van der Waals surface area contributed by atoms with Crippen molar-refractivity contribution in [3.8, 4) is 0 Å². The highest BCUT2D eigenvalue weighted by Crippen LogP contribution is 2.28. The van der Waals surface area contributed by atoms with E-state index in [1.165, 1.54) is 23.9 Å². The van der Waals surface area contributed by atoms with E-state index in [9.17, 15) is 14.0 Å². The van der Waals surface area contributed by atoms with Gasteiger partial charge in [-0.1, -0.05) is 6.07 Å². The number of thioether (sulfide) groups is 1. The number of carbonyl (C=O) groups excluding carboxylic acids is 1. The lowest BCUT2D eigenvalue weighted by atomic mass is 10.1. The van der Waals surface area contributed by atoms with Gasteiger partial charge in [0.05, 0.1) is 11.3 Å². The van der Waals surface area contributed by atoms with Gasteiger partial charge in [0, 0.05) is 21.5 Å². The van der Waals surface area contributed by atoms with Crippen molar-refractivity contribution in [3.05, 3.63) is 69.8 Å². The summed E-state index contributed by atoms with van der Waals surface area (Å²) in [6, 6.07) is 11.7. The zero-order valence-corrected chi connectivity index (χ0v) is 14.8. The first-order valence-electron chi connectivity index (χ1n) is 8.46. The lowest BCUT2D eigenvalue weighted by Gasteiger charge is -2.09. The van der Waals surface area contributed by atoms with Crippen LogP contribution in [0.5, 0.6) is 0 Å². The topological polar surface area (TPSA) is 62.0 Å². The maximum absolute atomic E-state index is 12.9. The second kappa shape index (κ2) is 6.96. The van der Waals surface area contributed by atoms with Gasteiger partial charge < -0.3 is 10.3 Å². The Morgan fingerprint density at radius 3 is 2.69 bits per heavy atom. The minimum atomic E-state index is -0.296. The van der Waals surface area contributed by atoms with Crippen LogP contribution in [0.3, 0.4) is 0 Å². The second-order valence-electron chi connectivity index (χ2n) is 6.32. The van der Waals surface area contributed by atoms with Crippen molar-refractivity contribution in [2.24, 2.45) is 0 Å². The summed E-state index contributed by atoms with van der Waals surface area (Å²) in [6.45, 7) is 0. The van der Waals surface area contributed by atoms with E-state index in [0.717, 1.165) is 46.2 Å². The molecule has 2 aromatic carbocycles. The first kappa shape index (κ1) is 16.8. The van der Waals surface area contributed by atoms with Crippen LogP contribution in [0, 0.1) is 5.82 Å². The van der Waals surface area contributed by atoms with E-state index in [4.69, 9.17) is 0 Å². The molecule has 1 amide bonds. The fourth-order valence-corrected chi connectivity index (χ4v) is 4.05. The van der Waals surface area contributed by atoms with Gasteiger partial charge in [0.1, 0.15) is 5.82 Å². The number of nitrogens with one attached hydrogen (secondary N) is 2. The summed E-state index contributed by atoms with van der Waals surface area (Å²) in [7, 11) is 0. The molecule has 0 saturated heterocycles. The highest BCUT2D eigenvalue weighted by Gasteiger charge is 2.18. The Labute approximate surface area is 153 Å². The summed E-state index contributed by atoms with van der Waals surface area (Å²) in [6.07, 6.45) is 2.77. The Kier molecular flexibility index (Phi) is 4.51. The molecule has 4 nitrogen and oxygen atoms in total. The van der Waals surface area contributed by atoms with Crippen LogP contribution in [0.1, 0.15) is 17.5 Å². The fourth-order valence-electron chi connectivity index (χ4n) is 3.35. The second-order valence-corrected chi connectivity index (χ2v) is 7.36. The molecule has 1 aliphatic carbocycles. The number of hydrogen-bond acceptors (Lipinski definition) is 3. The monoisotopic (exact) mass is 368 g/mol. The molecular formula is C20H17FN2O2S. The molecule has 0 radical (unpaired) electrons. The van der Waals surface area contributed by atoms with Crippen LogP contribution in [0.2, 0.25) is 0 Å². The highest BCUT2D eigenvalue weighted by atomic mass is 32.2. The molecule has 1 aliphatic rings. The lowest BCUT2D eigenvalue weighted by Crippen LogP contribution is -2.15. The number of hydrogen-bond donors (Lipinski definition) is 2. The molecule has 1 heterocycles. The third-order valence-electron chi connectivity index (χ3n) is 4.55. The van der Waals surface area contributed by atoms with Crippen LogP contribution in [-0.4, -0.2) is 16.6 Å². The van der Waals surface area contributed by atoms with Crippen molar-refractivity contribution in [2.45, 2.75) is 24.2 Å². The number of rotatable bonds is 4. The summed E-state index contributed by atoms with van der Waals surface area (Å²) in [5, 5.41) is 3.90. The molecule has 0 bridgehead atoms. The molecule has 4 rings (SSSR count). The van der Waals surface area contributed by atoms with E-state index >= 15 is 0 Å². The number of aromatic amines is 1. The maximum Gasteiger partial charge on any atom is 0.251 e. The smallest absolute Gasteiger partial charge is 0.251 e. The Hall–Kier alpha value is -2.60. The normalized spacial score (nSPS) is 13.0. The van der Waals surface area contributed by atoms with Gasteiger partial charge in [-0.3, -0.25) is 9.59 Å². The molecule has 26 heavy (non-hydrogen) atoms. The largest absolute Gasteiger partial charge is 0.325 e. The number of anilines is 1. The van der Waals surface area contributed by atoms with Gasteiger partial charge in [0.25, 0.3) is 5.56 Å². The Morgan fingerprint density at radius 2 is 1.88 bits per heavy atom. The summed E-state index contributed by atoms with van der Waals surface area (Å²) < 4.78 is 12.9. The Bertz CT molecular complexity index is 1040. The molecule has 0 unspecified atom stereocenters. The van der Waals surface area contributed by atoms with E-state index < -0.39 is 0 Å². The zero-order valence-electron chi connectivity index (χ0n) is 14.0. The van der Waals surface area contributed by atoms with Crippen molar-refractivity contribution in [1.29, 1.82) is 0 Å². The summed E-state index contributed by atoms with van der Waals surface area (Å²) in [5.74, 6) is -0.220. The van der Waals surface area contributed by atoms with Gasteiger partial charge in [-0.15, -0.1) is 11.8 Å². The zero-order chi connectivity index (χ0) is 18.1.